The average molecular weight is 277 g/mol. The number of anilines is 1. The lowest BCUT2D eigenvalue weighted by Crippen LogP contribution is -2.45. The summed E-state index contributed by atoms with van der Waals surface area (Å²) in [4.78, 5) is 23.0. The normalized spacial score (nSPS) is 11.6. The van der Waals surface area contributed by atoms with Crippen LogP contribution in [0.25, 0.3) is 0 Å². The Hall–Kier alpha value is -2.04. The van der Waals surface area contributed by atoms with Gasteiger partial charge in [-0.05, 0) is 38.0 Å². The SMILES string of the molecule is CCCc1ccc(NC(C)C(=O)NC(=O)NCC)cc1. The molecule has 0 aliphatic rings. The monoisotopic (exact) mass is 277 g/mol. The van der Waals surface area contributed by atoms with E-state index >= 15 is 0 Å². The predicted molar refractivity (Wildman–Crippen MR) is 80.7 cm³/mol. The van der Waals surface area contributed by atoms with Crippen LogP contribution in [-0.2, 0) is 11.2 Å². The topological polar surface area (TPSA) is 70.2 Å². The van der Waals surface area contributed by atoms with Gasteiger partial charge in [-0.3, -0.25) is 10.1 Å². The third-order valence-electron chi connectivity index (χ3n) is 2.84. The van der Waals surface area contributed by atoms with Gasteiger partial charge in [-0.1, -0.05) is 25.5 Å². The van der Waals surface area contributed by atoms with Gasteiger partial charge < -0.3 is 10.6 Å². The molecule has 0 radical (unpaired) electrons. The molecule has 1 atom stereocenters. The van der Waals surface area contributed by atoms with Gasteiger partial charge in [0.15, 0.2) is 0 Å². The van der Waals surface area contributed by atoms with Crippen molar-refractivity contribution in [3.8, 4) is 0 Å². The van der Waals surface area contributed by atoms with Crippen molar-refractivity contribution < 1.29 is 9.59 Å². The first-order valence-corrected chi connectivity index (χ1v) is 7.01. The third kappa shape index (κ3) is 5.30. The van der Waals surface area contributed by atoms with Gasteiger partial charge in [0.1, 0.15) is 6.04 Å². The number of hydrogen-bond acceptors (Lipinski definition) is 3. The second-order valence-corrected chi connectivity index (χ2v) is 4.66. The van der Waals surface area contributed by atoms with Gasteiger partial charge >= 0.3 is 6.03 Å². The summed E-state index contributed by atoms with van der Waals surface area (Å²) in [6.07, 6.45) is 2.16. The fourth-order valence-corrected chi connectivity index (χ4v) is 1.80. The molecule has 0 saturated heterocycles. The smallest absolute Gasteiger partial charge is 0.321 e. The first-order valence-electron chi connectivity index (χ1n) is 7.01. The molecular formula is C15H23N3O2. The van der Waals surface area contributed by atoms with Crippen LogP contribution in [0, 0.1) is 0 Å². The number of nitrogens with one attached hydrogen (secondary N) is 3. The Bertz CT molecular complexity index is 443. The number of hydrogen-bond donors (Lipinski definition) is 3. The van der Waals surface area contributed by atoms with E-state index in [1.165, 1.54) is 5.56 Å². The number of benzene rings is 1. The number of carbonyl (C=O) groups is 2. The van der Waals surface area contributed by atoms with E-state index in [4.69, 9.17) is 0 Å². The van der Waals surface area contributed by atoms with E-state index in [1.54, 1.807) is 13.8 Å². The van der Waals surface area contributed by atoms with Crippen molar-refractivity contribution in [2.75, 3.05) is 11.9 Å². The van der Waals surface area contributed by atoms with Gasteiger partial charge in [0.2, 0.25) is 5.91 Å². The fraction of sp³-hybridized carbons (Fsp3) is 0.467. The molecule has 0 aliphatic carbocycles. The number of urea groups is 1. The van der Waals surface area contributed by atoms with Crippen LogP contribution in [0.2, 0.25) is 0 Å². The molecule has 0 bridgehead atoms. The van der Waals surface area contributed by atoms with Crippen LogP contribution in [0.3, 0.4) is 0 Å². The van der Waals surface area contributed by atoms with Crippen LogP contribution in [-0.4, -0.2) is 24.5 Å². The van der Waals surface area contributed by atoms with E-state index in [2.05, 4.69) is 22.9 Å². The maximum atomic E-state index is 11.8. The zero-order valence-electron chi connectivity index (χ0n) is 12.3. The summed E-state index contributed by atoms with van der Waals surface area (Å²) in [7, 11) is 0. The molecule has 0 aliphatic heterocycles. The van der Waals surface area contributed by atoms with Crippen molar-refractivity contribution in [2.24, 2.45) is 0 Å². The highest BCUT2D eigenvalue weighted by Crippen LogP contribution is 2.12. The molecule has 0 fully saturated rings. The van der Waals surface area contributed by atoms with Gasteiger partial charge in [0, 0.05) is 12.2 Å². The Balaban J connectivity index is 2.50. The fourth-order valence-electron chi connectivity index (χ4n) is 1.80. The minimum Gasteiger partial charge on any atom is -0.374 e. The number of amides is 3. The molecular weight excluding hydrogens is 254 g/mol. The Morgan fingerprint density at radius 3 is 2.35 bits per heavy atom. The van der Waals surface area contributed by atoms with Crippen molar-refractivity contribution in [1.29, 1.82) is 0 Å². The largest absolute Gasteiger partial charge is 0.374 e. The Kier molecular flexibility index (Phi) is 6.56. The summed E-state index contributed by atoms with van der Waals surface area (Å²) < 4.78 is 0. The van der Waals surface area contributed by atoms with Crippen molar-refractivity contribution >= 4 is 17.6 Å². The maximum absolute atomic E-state index is 11.8. The van der Waals surface area contributed by atoms with Gasteiger partial charge in [-0.15, -0.1) is 0 Å². The Labute approximate surface area is 120 Å². The van der Waals surface area contributed by atoms with Crippen LogP contribution < -0.4 is 16.0 Å². The van der Waals surface area contributed by atoms with E-state index in [-0.39, 0.29) is 5.91 Å². The van der Waals surface area contributed by atoms with Crippen molar-refractivity contribution in [3.05, 3.63) is 29.8 Å². The lowest BCUT2D eigenvalue weighted by atomic mass is 10.1. The molecule has 20 heavy (non-hydrogen) atoms. The van der Waals surface area contributed by atoms with Crippen LogP contribution in [0.1, 0.15) is 32.8 Å². The summed E-state index contributed by atoms with van der Waals surface area (Å²) in [5, 5.41) is 7.87. The second kappa shape index (κ2) is 8.19. The van der Waals surface area contributed by atoms with Gasteiger partial charge in [0.25, 0.3) is 0 Å². The number of imide groups is 1. The molecule has 1 unspecified atom stereocenters. The average Bonchev–Trinajstić information content (AvgIpc) is 2.41. The zero-order valence-corrected chi connectivity index (χ0v) is 12.3. The number of aryl methyl sites for hydroxylation is 1. The summed E-state index contributed by atoms with van der Waals surface area (Å²) >= 11 is 0. The maximum Gasteiger partial charge on any atom is 0.321 e. The molecule has 0 spiro atoms. The highest BCUT2D eigenvalue weighted by molar-refractivity contribution is 5.97. The molecule has 0 aromatic heterocycles. The van der Waals surface area contributed by atoms with Gasteiger partial charge in [-0.2, -0.15) is 0 Å². The molecule has 110 valence electrons. The summed E-state index contributed by atoms with van der Waals surface area (Å²) in [5.41, 5.74) is 2.14. The zero-order chi connectivity index (χ0) is 15.0. The highest BCUT2D eigenvalue weighted by atomic mass is 16.2. The third-order valence-corrected chi connectivity index (χ3v) is 2.84. The lowest BCUT2D eigenvalue weighted by Gasteiger charge is -2.15. The van der Waals surface area contributed by atoms with Crippen LogP contribution >= 0.6 is 0 Å². The van der Waals surface area contributed by atoms with Gasteiger partial charge in [0.05, 0.1) is 0 Å². The number of carbonyl (C=O) groups excluding carboxylic acids is 2. The molecule has 1 aromatic carbocycles. The Morgan fingerprint density at radius 1 is 1.15 bits per heavy atom. The van der Waals surface area contributed by atoms with Crippen molar-refractivity contribution in [3.63, 3.8) is 0 Å². The lowest BCUT2D eigenvalue weighted by molar-refractivity contribution is -0.120. The summed E-state index contributed by atoms with van der Waals surface area (Å²) in [6.45, 7) is 6.14. The summed E-state index contributed by atoms with van der Waals surface area (Å²) in [5.74, 6) is -0.353. The second-order valence-electron chi connectivity index (χ2n) is 4.66. The molecule has 1 rings (SSSR count). The quantitative estimate of drug-likeness (QED) is 0.747. The Morgan fingerprint density at radius 2 is 1.80 bits per heavy atom. The molecule has 0 heterocycles. The summed E-state index contributed by atoms with van der Waals surface area (Å²) in [6, 6.07) is 7.03. The van der Waals surface area contributed by atoms with E-state index < -0.39 is 12.1 Å². The van der Waals surface area contributed by atoms with E-state index in [9.17, 15) is 9.59 Å². The minimum absolute atomic E-state index is 0.353. The predicted octanol–water partition coefficient (Wildman–Crippen LogP) is 2.29. The van der Waals surface area contributed by atoms with E-state index in [0.717, 1.165) is 18.5 Å². The molecule has 3 N–H and O–H groups in total. The first-order chi connectivity index (χ1) is 9.56. The minimum atomic E-state index is -0.477. The highest BCUT2D eigenvalue weighted by Gasteiger charge is 2.14. The molecule has 0 saturated carbocycles. The molecule has 1 aromatic rings. The molecule has 3 amide bonds. The van der Waals surface area contributed by atoms with E-state index in [1.807, 2.05) is 24.3 Å². The van der Waals surface area contributed by atoms with E-state index in [0.29, 0.717) is 6.54 Å². The standard InChI is InChI=1S/C15H23N3O2/c1-4-6-12-7-9-13(10-8-12)17-11(3)14(19)18-15(20)16-5-2/h7-11,17H,4-6H2,1-3H3,(H2,16,18,19,20). The van der Waals surface area contributed by atoms with Crippen LogP contribution in [0.15, 0.2) is 24.3 Å². The molecule has 5 heteroatoms. The van der Waals surface area contributed by atoms with Gasteiger partial charge in [-0.25, -0.2) is 4.79 Å². The van der Waals surface area contributed by atoms with Crippen molar-refractivity contribution in [2.45, 2.75) is 39.7 Å². The van der Waals surface area contributed by atoms with Crippen LogP contribution in [0.4, 0.5) is 10.5 Å². The molecule has 5 nitrogen and oxygen atoms in total. The first kappa shape index (κ1) is 16.0. The van der Waals surface area contributed by atoms with Crippen molar-refractivity contribution in [1.82, 2.24) is 10.6 Å². The van der Waals surface area contributed by atoms with Crippen LogP contribution in [0.5, 0.6) is 0 Å². The number of rotatable bonds is 6.